The minimum atomic E-state index is -0.786. The number of fused-ring (bicyclic) bond motifs is 1. The van der Waals surface area contributed by atoms with Crippen molar-refractivity contribution in [3.63, 3.8) is 0 Å². The topological polar surface area (TPSA) is 88.6 Å². The van der Waals surface area contributed by atoms with Gasteiger partial charge in [0, 0.05) is 34.9 Å². The number of hydrogen-bond acceptors (Lipinski definition) is 5. The maximum atomic E-state index is 13.0. The summed E-state index contributed by atoms with van der Waals surface area (Å²) in [6.45, 7) is 2.16. The number of halogens is 1. The Kier molecular flexibility index (Phi) is 7.62. The molecule has 3 aromatic rings. The molecule has 3 rings (SSSR count). The third-order valence-electron chi connectivity index (χ3n) is 3.95. The van der Waals surface area contributed by atoms with E-state index in [1.54, 1.807) is 0 Å². The van der Waals surface area contributed by atoms with Gasteiger partial charge in [-0.2, -0.15) is 0 Å². The van der Waals surface area contributed by atoms with Crippen molar-refractivity contribution < 1.29 is 23.8 Å². The molecule has 0 spiro atoms. The van der Waals surface area contributed by atoms with Crippen molar-refractivity contribution in [3.05, 3.63) is 64.3 Å². The average Bonchev–Trinajstić information content (AvgIpc) is 2.66. The zero-order valence-electron chi connectivity index (χ0n) is 15.6. The molecule has 0 saturated carbocycles. The third kappa shape index (κ3) is 4.92. The number of carbonyl (C=O) groups excluding carboxylic acids is 1. The number of nitrogens with one attached hydrogen (secondary N) is 1. The zero-order chi connectivity index (χ0) is 19.4. The molecule has 2 aromatic carbocycles. The van der Waals surface area contributed by atoms with Crippen molar-refractivity contribution in [1.29, 1.82) is 0 Å². The first-order valence-corrected chi connectivity index (χ1v) is 8.49. The number of ether oxygens (including phenoxy) is 2. The molecule has 28 heavy (non-hydrogen) atoms. The summed E-state index contributed by atoms with van der Waals surface area (Å²) in [6, 6.07) is 9.87. The van der Waals surface area contributed by atoms with Gasteiger partial charge in [-0.05, 0) is 48.9 Å². The Labute approximate surface area is 182 Å². The molecule has 0 bridgehead atoms. The van der Waals surface area contributed by atoms with Crippen molar-refractivity contribution in [2.75, 3.05) is 6.61 Å². The van der Waals surface area contributed by atoms with Crippen LogP contribution in [-0.2, 0) is 4.74 Å². The van der Waals surface area contributed by atoms with Gasteiger partial charge in [0.2, 0.25) is 0 Å². The minimum Gasteiger partial charge on any atom is -0.505 e. The SMILES string of the molecule is CCCCOC(=O)c1[nH]c(=O)c2cc(Oc3ccc(F)cc3)ccc2c1O.[Na]. The van der Waals surface area contributed by atoms with Crippen LogP contribution in [0.25, 0.3) is 10.8 Å². The fourth-order valence-electron chi connectivity index (χ4n) is 2.52. The number of rotatable bonds is 6. The van der Waals surface area contributed by atoms with Crippen molar-refractivity contribution in [3.8, 4) is 17.2 Å². The van der Waals surface area contributed by atoms with Gasteiger partial charge in [-0.1, -0.05) is 13.3 Å². The van der Waals surface area contributed by atoms with E-state index in [0.717, 1.165) is 6.42 Å². The summed E-state index contributed by atoms with van der Waals surface area (Å²) in [6.07, 6.45) is 1.54. The maximum absolute atomic E-state index is 13.0. The van der Waals surface area contributed by atoms with E-state index in [9.17, 15) is 19.1 Å². The third-order valence-corrected chi connectivity index (χ3v) is 3.95. The van der Waals surface area contributed by atoms with Gasteiger partial charge in [-0.3, -0.25) is 4.79 Å². The van der Waals surface area contributed by atoms with Crippen LogP contribution >= 0.6 is 0 Å². The minimum absolute atomic E-state index is 0. The van der Waals surface area contributed by atoms with E-state index < -0.39 is 11.5 Å². The Bertz CT molecular complexity index is 1030. The van der Waals surface area contributed by atoms with E-state index in [2.05, 4.69) is 4.98 Å². The molecule has 0 amide bonds. The molecule has 0 aliphatic rings. The summed E-state index contributed by atoms with van der Waals surface area (Å²) in [5, 5.41) is 10.7. The van der Waals surface area contributed by atoms with Crippen LogP contribution in [0, 0.1) is 5.82 Å². The van der Waals surface area contributed by atoms with E-state index >= 15 is 0 Å². The first kappa shape index (κ1) is 21.9. The summed E-state index contributed by atoms with van der Waals surface area (Å²) in [4.78, 5) is 26.8. The molecule has 2 N–H and O–H groups in total. The second kappa shape index (κ2) is 9.73. The molecule has 1 aromatic heterocycles. The van der Waals surface area contributed by atoms with Crippen LogP contribution in [0.5, 0.6) is 17.2 Å². The van der Waals surface area contributed by atoms with Crippen molar-refractivity contribution >= 4 is 46.3 Å². The van der Waals surface area contributed by atoms with E-state index in [1.807, 2.05) is 6.92 Å². The van der Waals surface area contributed by atoms with Gasteiger partial charge >= 0.3 is 5.97 Å². The van der Waals surface area contributed by atoms with Crippen LogP contribution in [0.4, 0.5) is 4.39 Å². The van der Waals surface area contributed by atoms with Crippen molar-refractivity contribution in [1.82, 2.24) is 4.98 Å². The van der Waals surface area contributed by atoms with Crippen molar-refractivity contribution in [2.45, 2.75) is 19.8 Å². The number of H-pyrrole nitrogens is 1. The number of aromatic hydroxyl groups is 1. The summed E-state index contributed by atoms with van der Waals surface area (Å²) >= 11 is 0. The van der Waals surface area contributed by atoms with E-state index in [4.69, 9.17) is 9.47 Å². The predicted molar refractivity (Wildman–Crippen MR) is 104 cm³/mol. The molecular formula is C20H18FNNaO5. The summed E-state index contributed by atoms with van der Waals surface area (Å²) < 4.78 is 23.6. The molecule has 1 radical (unpaired) electrons. The number of carbonyl (C=O) groups is 1. The standard InChI is InChI=1S/C20H18FNO5.Na/c1-2-3-10-26-20(25)17-18(23)15-9-8-14(11-16(15)19(24)22-17)27-13-6-4-12(21)5-7-13;/h4-9,11,23H,2-3,10H2,1H3,(H,22,24);. The Hall–Kier alpha value is -2.35. The molecule has 8 heteroatoms. The second-order valence-electron chi connectivity index (χ2n) is 5.93. The van der Waals surface area contributed by atoms with Crippen LogP contribution in [0.3, 0.4) is 0 Å². The Morgan fingerprint density at radius 3 is 2.46 bits per heavy atom. The summed E-state index contributed by atoms with van der Waals surface area (Å²) in [5.41, 5.74) is -0.842. The van der Waals surface area contributed by atoms with Gasteiger partial charge < -0.3 is 19.6 Å². The summed E-state index contributed by atoms with van der Waals surface area (Å²) in [7, 11) is 0. The number of esters is 1. The number of hydrogen-bond donors (Lipinski definition) is 2. The Morgan fingerprint density at radius 1 is 1.11 bits per heavy atom. The number of aromatic amines is 1. The molecule has 6 nitrogen and oxygen atoms in total. The van der Waals surface area contributed by atoms with Gasteiger partial charge in [-0.15, -0.1) is 0 Å². The molecule has 0 atom stereocenters. The van der Waals surface area contributed by atoms with Gasteiger partial charge in [0.15, 0.2) is 11.4 Å². The van der Waals surface area contributed by atoms with Gasteiger partial charge in [0.25, 0.3) is 5.56 Å². The maximum Gasteiger partial charge on any atom is 0.358 e. The molecule has 1 heterocycles. The monoisotopic (exact) mass is 394 g/mol. The number of pyridine rings is 1. The van der Waals surface area contributed by atoms with Crippen molar-refractivity contribution in [2.24, 2.45) is 0 Å². The molecule has 0 fully saturated rings. The number of aromatic nitrogens is 1. The fraction of sp³-hybridized carbons (Fsp3) is 0.200. The number of unbranched alkanes of at least 4 members (excludes halogenated alkanes) is 1. The molecule has 0 unspecified atom stereocenters. The fourth-order valence-corrected chi connectivity index (χ4v) is 2.52. The van der Waals surface area contributed by atoms with Gasteiger partial charge in [-0.25, -0.2) is 9.18 Å². The largest absolute Gasteiger partial charge is 0.505 e. The van der Waals surface area contributed by atoms with E-state index in [0.29, 0.717) is 17.9 Å². The van der Waals surface area contributed by atoms with E-state index in [-0.39, 0.29) is 64.2 Å². The molecule has 0 aliphatic heterocycles. The molecular weight excluding hydrogens is 376 g/mol. The normalized spacial score (nSPS) is 10.4. The molecule has 141 valence electrons. The molecule has 0 saturated heterocycles. The van der Waals surface area contributed by atoms with Gasteiger partial charge in [0.1, 0.15) is 17.3 Å². The Morgan fingerprint density at radius 2 is 1.79 bits per heavy atom. The smallest absolute Gasteiger partial charge is 0.358 e. The first-order valence-electron chi connectivity index (χ1n) is 8.49. The van der Waals surface area contributed by atoms with Crippen LogP contribution in [-0.4, -0.2) is 52.2 Å². The second-order valence-corrected chi connectivity index (χ2v) is 5.93. The van der Waals surface area contributed by atoms with Crippen LogP contribution in [0.15, 0.2) is 47.3 Å². The average molecular weight is 394 g/mol. The zero-order valence-corrected chi connectivity index (χ0v) is 17.6. The van der Waals surface area contributed by atoms with Gasteiger partial charge in [0.05, 0.1) is 12.0 Å². The predicted octanol–water partition coefficient (Wildman–Crippen LogP) is 3.74. The van der Waals surface area contributed by atoms with Crippen LogP contribution in [0.2, 0.25) is 0 Å². The number of benzene rings is 2. The quantitative estimate of drug-likeness (QED) is 0.378. The van der Waals surface area contributed by atoms with E-state index in [1.165, 1.54) is 42.5 Å². The Balaban J connectivity index is 0.00000280. The first-order chi connectivity index (χ1) is 13.0. The van der Waals surface area contributed by atoms with Crippen LogP contribution in [0.1, 0.15) is 30.3 Å². The summed E-state index contributed by atoms with van der Waals surface area (Å²) in [5.74, 6) is -0.809. The molecule has 0 aliphatic carbocycles. The van der Waals surface area contributed by atoms with Crippen LogP contribution < -0.4 is 10.3 Å².